The van der Waals surface area contributed by atoms with Crippen LogP contribution < -0.4 is 9.47 Å². The molecule has 34 heavy (non-hydrogen) atoms. The van der Waals surface area contributed by atoms with Crippen LogP contribution in [0.15, 0.2) is 47.5 Å². The molecular weight excluding hydrogens is 471 g/mol. The number of hydrogen-bond acceptors (Lipinski definition) is 6. The van der Waals surface area contributed by atoms with Crippen LogP contribution in [0.25, 0.3) is 0 Å². The van der Waals surface area contributed by atoms with Gasteiger partial charge in [-0.2, -0.15) is 13.2 Å². The molecule has 6 nitrogen and oxygen atoms in total. The minimum Gasteiger partial charge on any atom is -0.493 e. The number of rotatable bonds is 9. The Hall–Kier alpha value is -2.72. The van der Waals surface area contributed by atoms with E-state index in [1.54, 1.807) is 24.3 Å². The molecule has 0 bridgehead atoms. The van der Waals surface area contributed by atoms with E-state index in [1.807, 2.05) is 18.2 Å². The number of carboxylic acids is 1. The zero-order valence-corrected chi connectivity index (χ0v) is 19.0. The second kappa shape index (κ2) is 9.87. The van der Waals surface area contributed by atoms with Crippen molar-refractivity contribution < 1.29 is 37.7 Å². The van der Waals surface area contributed by atoms with Crippen LogP contribution in [0.1, 0.15) is 41.9 Å². The maximum Gasteiger partial charge on any atom is 0.439 e. The van der Waals surface area contributed by atoms with Gasteiger partial charge in [0.15, 0.2) is 0 Å². The molecule has 0 radical (unpaired) electrons. The number of nitrogens with zero attached hydrogens (tertiary/aromatic N) is 1. The van der Waals surface area contributed by atoms with Crippen LogP contribution in [-0.4, -0.2) is 52.1 Å². The Kier molecular flexibility index (Phi) is 7.09. The van der Waals surface area contributed by atoms with Gasteiger partial charge in [0.25, 0.3) is 5.72 Å². The quantitative estimate of drug-likeness (QED) is 0.487. The molecule has 4 rings (SSSR count). The van der Waals surface area contributed by atoms with Crippen molar-refractivity contribution in [2.24, 2.45) is 4.99 Å². The van der Waals surface area contributed by atoms with Gasteiger partial charge in [-0.05, 0) is 66.3 Å². The number of benzene rings is 2. The van der Waals surface area contributed by atoms with E-state index in [4.69, 9.17) is 14.6 Å². The average molecular weight is 496 g/mol. The van der Waals surface area contributed by atoms with Gasteiger partial charge in [-0.1, -0.05) is 6.07 Å². The van der Waals surface area contributed by atoms with E-state index < -0.39 is 23.6 Å². The average Bonchev–Trinajstić information content (AvgIpc) is 3.38. The number of ether oxygens (including phenoxy) is 2. The molecule has 0 spiro atoms. The van der Waals surface area contributed by atoms with Gasteiger partial charge in [0.05, 0.1) is 25.4 Å². The Morgan fingerprint density at radius 1 is 1.12 bits per heavy atom. The maximum absolute atomic E-state index is 12.9. The number of hydrogen-bond donors (Lipinski definition) is 2. The molecule has 1 aliphatic carbocycles. The minimum atomic E-state index is -4.81. The number of carboxylic acid groups (broad SMARTS) is 1. The van der Waals surface area contributed by atoms with E-state index in [1.165, 1.54) is 0 Å². The van der Waals surface area contributed by atoms with Gasteiger partial charge in [0.1, 0.15) is 16.5 Å². The summed E-state index contributed by atoms with van der Waals surface area (Å²) in [7, 11) is 0. The highest BCUT2D eigenvalue weighted by Crippen LogP contribution is 2.41. The van der Waals surface area contributed by atoms with Crippen LogP contribution in [0.3, 0.4) is 0 Å². The topological polar surface area (TPSA) is 88.4 Å². The fourth-order valence-corrected chi connectivity index (χ4v) is 5.11. The van der Waals surface area contributed by atoms with Gasteiger partial charge in [0.2, 0.25) is 0 Å². The summed E-state index contributed by atoms with van der Waals surface area (Å²) in [5.74, 6) is 0.0364. The molecule has 2 aromatic carbocycles. The Balaban J connectivity index is 1.22. The highest BCUT2D eigenvalue weighted by atomic mass is 32.2. The number of alkyl halides is 3. The van der Waals surface area contributed by atoms with Crippen molar-refractivity contribution in [3.05, 3.63) is 59.2 Å². The van der Waals surface area contributed by atoms with E-state index in [-0.39, 0.29) is 17.4 Å². The molecule has 182 valence electrons. The van der Waals surface area contributed by atoms with Gasteiger partial charge in [-0.15, -0.1) is 11.8 Å². The fourth-order valence-electron chi connectivity index (χ4n) is 4.02. The predicted octanol–water partition coefficient (Wildman–Crippen LogP) is 4.78. The number of fused-ring (bicyclic) bond motifs is 1. The van der Waals surface area contributed by atoms with E-state index in [0.29, 0.717) is 30.9 Å². The molecule has 2 N–H and O–H groups in total. The second-order valence-corrected chi connectivity index (χ2v) is 9.25. The lowest BCUT2D eigenvalue weighted by atomic mass is 9.98. The molecule has 0 saturated carbocycles. The molecule has 10 heteroatoms. The third-order valence-electron chi connectivity index (χ3n) is 5.82. The summed E-state index contributed by atoms with van der Waals surface area (Å²) in [4.78, 5) is 14.5. The Morgan fingerprint density at radius 3 is 2.44 bits per heavy atom. The largest absolute Gasteiger partial charge is 0.493 e. The summed E-state index contributed by atoms with van der Waals surface area (Å²) < 4.78 is 50.2. The molecule has 1 aliphatic heterocycles. The van der Waals surface area contributed by atoms with Gasteiger partial charge in [-0.25, -0.2) is 4.99 Å². The Labute approximate surface area is 198 Å². The molecule has 1 heterocycles. The van der Waals surface area contributed by atoms with E-state index in [0.717, 1.165) is 41.5 Å². The first-order chi connectivity index (χ1) is 16.1. The number of thioether (sulfide) groups is 1. The number of halogens is 3. The van der Waals surface area contributed by atoms with Crippen LogP contribution in [-0.2, 0) is 11.2 Å². The number of aryl methyl sites for hydroxylation is 1. The van der Waals surface area contributed by atoms with Gasteiger partial charge in [0, 0.05) is 12.0 Å². The van der Waals surface area contributed by atoms with Crippen molar-refractivity contribution >= 4 is 22.8 Å². The van der Waals surface area contributed by atoms with Crippen molar-refractivity contribution in [2.45, 2.75) is 43.5 Å². The van der Waals surface area contributed by atoms with E-state index in [9.17, 15) is 23.1 Å². The highest BCUT2D eigenvalue weighted by Gasteiger charge is 2.56. The first-order valence-corrected chi connectivity index (χ1v) is 11.9. The number of carbonyl (C=O) groups is 1. The zero-order chi connectivity index (χ0) is 24.3. The predicted molar refractivity (Wildman–Crippen MR) is 122 cm³/mol. The van der Waals surface area contributed by atoms with Crippen molar-refractivity contribution in [2.75, 3.05) is 19.0 Å². The third kappa shape index (κ3) is 5.50. The lowest BCUT2D eigenvalue weighted by molar-refractivity contribution is -0.245. The molecule has 0 fully saturated rings. The SMILES string of the molecule is O=C(O)C[C@@H]1CCc2cc(OCCCOc3ccc(C4=NC(O)(C(F)(F)F)CS4)cc3)ccc21. The molecule has 2 aromatic rings. The molecule has 2 atom stereocenters. The van der Waals surface area contributed by atoms with Crippen molar-refractivity contribution in [1.29, 1.82) is 0 Å². The second-order valence-electron chi connectivity index (χ2n) is 8.29. The lowest BCUT2D eigenvalue weighted by Gasteiger charge is -2.21. The van der Waals surface area contributed by atoms with E-state index >= 15 is 0 Å². The number of aliphatic imine (C=N–C) groups is 1. The Bertz CT molecular complexity index is 1070. The van der Waals surface area contributed by atoms with Crippen molar-refractivity contribution in [1.82, 2.24) is 0 Å². The maximum atomic E-state index is 12.9. The summed E-state index contributed by atoms with van der Waals surface area (Å²) in [6.45, 7) is 0.841. The van der Waals surface area contributed by atoms with Crippen molar-refractivity contribution in [3.63, 3.8) is 0 Å². The first-order valence-electron chi connectivity index (χ1n) is 10.9. The Morgan fingerprint density at radius 2 is 1.79 bits per heavy atom. The molecule has 0 amide bonds. The molecule has 0 aromatic heterocycles. The zero-order valence-electron chi connectivity index (χ0n) is 18.2. The normalized spacial score (nSPS) is 21.8. The van der Waals surface area contributed by atoms with Crippen LogP contribution in [0.2, 0.25) is 0 Å². The number of aliphatic carboxylic acids is 1. The van der Waals surface area contributed by atoms with Crippen LogP contribution in [0, 0.1) is 0 Å². The standard InChI is InChI=1S/C24H24F3NO5S/c25-24(26,27)23(31)14-34-22(28-23)15-4-6-18(7-5-15)32-10-1-11-33-19-8-9-20-16(12-19)2-3-17(20)13-21(29)30/h4-9,12,17,31H,1-3,10-11,13-14H2,(H,29,30)/t17-,23?/m0/s1. The third-order valence-corrected chi connectivity index (χ3v) is 6.96. The first kappa shape index (κ1) is 24.4. The molecule has 1 unspecified atom stereocenters. The van der Waals surface area contributed by atoms with Crippen LogP contribution in [0.4, 0.5) is 13.2 Å². The molecular formula is C24H24F3NO5S. The van der Waals surface area contributed by atoms with Crippen molar-refractivity contribution in [3.8, 4) is 11.5 Å². The summed E-state index contributed by atoms with van der Waals surface area (Å²) >= 11 is 0.864. The van der Waals surface area contributed by atoms with Gasteiger partial charge >= 0.3 is 12.1 Å². The monoisotopic (exact) mass is 495 g/mol. The minimum absolute atomic E-state index is 0.0662. The molecule has 2 aliphatic rings. The number of aliphatic hydroxyl groups is 1. The summed E-state index contributed by atoms with van der Waals surface area (Å²) in [5, 5.41) is 18.8. The summed E-state index contributed by atoms with van der Waals surface area (Å²) in [5.41, 5.74) is -0.324. The lowest BCUT2D eigenvalue weighted by Crippen LogP contribution is -2.43. The van der Waals surface area contributed by atoms with E-state index in [2.05, 4.69) is 4.99 Å². The van der Waals surface area contributed by atoms with Crippen LogP contribution in [0.5, 0.6) is 11.5 Å². The smallest absolute Gasteiger partial charge is 0.439 e. The summed E-state index contributed by atoms with van der Waals surface area (Å²) in [6, 6.07) is 12.3. The van der Waals surface area contributed by atoms with Gasteiger partial charge in [-0.3, -0.25) is 4.79 Å². The van der Waals surface area contributed by atoms with Crippen LogP contribution >= 0.6 is 11.8 Å². The molecule has 0 saturated heterocycles. The highest BCUT2D eigenvalue weighted by molar-refractivity contribution is 8.14. The summed E-state index contributed by atoms with van der Waals surface area (Å²) in [6.07, 6.45) is -2.34. The van der Waals surface area contributed by atoms with Gasteiger partial charge < -0.3 is 19.7 Å². The fraction of sp³-hybridized carbons (Fsp3) is 0.417.